The Morgan fingerprint density at radius 3 is 2.85 bits per heavy atom. The van der Waals surface area contributed by atoms with Crippen LogP contribution in [0.5, 0.6) is 0 Å². The van der Waals surface area contributed by atoms with Gasteiger partial charge in [-0.1, -0.05) is 12.1 Å². The number of aliphatic hydroxyl groups is 1. The van der Waals surface area contributed by atoms with Crippen molar-refractivity contribution in [3.63, 3.8) is 0 Å². The number of benzene rings is 1. The van der Waals surface area contributed by atoms with Crippen molar-refractivity contribution >= 4 is 11.7 Å². The minimum Gasteiger partial charge on any atom is -0.390 e. The van der Waals surface area contributed by atoms with Gasteiger partial charge in [0.15, 0.2) is 5.78 Å². The van der Waals surface area contributed by atoms with Gasteiger partial charge in [-0.25, -0.2) is 0 Å². The van der Waals surface area contributed by atoms with E-state index in [-0.39, 0.29) is 18.2 Å². The summed E-state index contributed by atoms with van der Waals surface area (Å²) in [5.74, 6) is -0.128. The van der Waals surface area contributed by atoms with Gasteiger partial charge in [0.05, 0.1) is 6.10 Å². The maximum atomic E-state index is 12.2. The zero-order valence-electron chi connectivity index (χ0n) is 11.8. The lowest BCUT2D eigenvalue weighted by atomic mass is 10.0. The fourth-order valence-electron chi connectivity index (χ4n) is 2.50. The number of hydrogen-bond donors (Lipinski definition) is 2. The number of aliphatic hydroxyl groups excluding tert-OH is 1. The zero-order chi connectivity index (χ0) is 14.7. The Kier molecular flexibility index (Phi) is 4.52. The highest BCUT2D eigenvalue weighted by Crippen LogP contribution is 2.25. The minimum atomic E-state index is -0.604. The molecule has 2 N–H and O–H groups in total. The molecule has 108 valence electrons. The smallest absolute Gasteiger partial charge is 0.251 e. The Morgan fingerprint density at radius 2 is 2.15 bits per heavy atom. The standard InChI is InChI=1S/C15H20N2O3/c1-17(2)9-10(18)8-16-15(20)13-5-3-4-12-11(13)6-7-14(12)19/h3-5,10,18H,6-9H2,1-2H3,(H,16,20)/t10-/m0/s1. The summed E-state index contributed by atoms with van der Waals surface area (Å²) >= 11 is 0. The van der Waals surface area contributed by atoms with E-state index in [1.54, 1.807) is 18.2 Å². The molecule has 1 aromatic rings. The molecule has 5 nitrogen and oxygen atoms in total. The van der Waals surface area contributed by atoms with Crippen LogP contribution in [0.1, 0.15) is 32.7 Å². The summed E-state index contributed by atoms with van der Waals surface area (Å²) in [6, 6.07) is 5.22. The Bertz CT molecular complexity index is 526. The summed E-state index contributed by atoms with van der Waals surface area (Å²) < 4.78 is 0. The SMILES string of the molecule is CN(C)C[C@@H](O)CNC(=O)c1cccc2c1CCC2=O. The lowest BCUT2D eigenvalue weighted by Gasteiger charge is -2.17. The predicted octanol–water partition coefficient (Wildman–Crippen LogP) is 0.468. The molecular weight excluding hydrogens is 256 g/mol. The number of Topliss-reactive ketones (excluding diaryl/α,β-unsaturated/α-hetero) is 1. The summed E-state index contributed by atoms with van der Waals surface area (Å²) in [5.41, 5.74) is 2.04. The largest absolute Gasteiger partial charge is 0.390 e. The lowest BCUT2D eigenvalue weighted by molar-refractivity contribution is 0.0891. The van der Waals surface area contributed by atoms with E-state index in [0.717, 1.165) is 5.56 Å². The van der Waals surface area contributed by atoms with Gasteiger partial charge in [0, 0.05) is 30.6 Å². The molecule has 0 saturated carbocycles. The molecule has 0 aliphatic heterocycles. The van der Waals surface area contributed by atoms with Crippen LogP contribution in [0.15, 0.2) is 18.2 Å². The number of nitrogens with zero attached hydrogens (tertiary/aromatic N) is 1. The highest BCUT2D eigenvalue weighted by Gasteiger charge is 2.24. The lowest BCUT2D eigenvalue weighted by Crippen LogP contribution is -2.38. The fraction of sp³-hybridized carbons (Fsp3) is 0.467. The maximum Gasteiger partial charge on any atom is 0.251 e. The van der Waals surface area contributed by atoms with E-state index in [2.05, 4.69) is 5.32 Å². The van der Waals surface area contributed by atoms with Crippen LogP contribution in [0.25, 0.3) is 0 Å². The summed E-state index contributed by atoms with van der Waals surface area (Å²) in [6.45, 7) is 0.695. The Hall–Kier alpha value is -1.72. The third kappa shape index (κ3) is 3.23. The molecule has 0 saturated heterocycles. The highest BCUT2D eigenvalue weighted by atomic mass is 16.3. The molecule has 1 aliphatic carbocycles. The first-order valence-electron chi connectivity index (χ1n) is 6.75. The molecule has 0 fully saturated rings. The van der Waals surface area contributed by atoms with E-state index < -0.39 is 6.10 Å². The number of ketones is 1. The summed E-state index contributed by atoms with van der Waals surface area (Å²) in [5, 5.41) is 12.5. The predicted molar refractivity (Wildman–Crippen MR) is 76.0 cm³/mol. The molecule has 2 rings (SSSR count). The normalized spacial score (nSPS) is 15.3. The van der Waals surface area contributed by atoms with Crippen molar-refractivity contribution in [2.24, 2.45) is 0 Å². The molecule has 1 aromatic carbocycles. The zero-order valence-corrected chi connectivity index (χ0v) is 11.8. The van der Waals surface area contributed by atoms with Gasteiger partial charge in [-0.15, -0.1) is 0 Å². The van der Waals surface area contributed by atoms with Crippen LogP contribution in [0, 0.1) is 0 Å². The van der Waals surface area contributed by atoms with Crippen molar-refractivity contribution in [3.8, 4) is 0 Å². The first-order chi connectivity index (χ1) is 9.49. The molecule has 1 atom stereocenters. The van der Waals surface area contributed by atoms with Gasteiger partial charge < -0.3 is 15.3 Å². The van der Waals surface area contributed by atoms with Gasteiger partial charge in [-0.3, -0.25) is 9.59 Å². The quantitative estimate of drug-likeness (QED) is 0.820. The van der Waals surface area contributed by atoms with E-state index in [1.807, 2.05) is 19.0 Å². The van der Waals surface area contributed by atoms with E-state index in [0.29, 0.717) is 30.5 Å². The first-order valence-corrected chi connectivity index (χ1v) is 6.75. The average molecular weight is 276 g/mol. The monoisotopic (exact) mass is 276 g/mol. The van der Waals surface area contributed by atoms with Crippen LogP contribution in [0.4, 0.5) is 0 Å². The fourth-order valence-corrected chi connectivity index (χ4v) is 2.50. The molecule has 1 amide bonds. The number of likely N-dealkylation sites (N-methyl/N-ethyl adjacent to an activating group) is 1. The van der Waals surface area contributed by atoms with E-state index in [1.165, 1.54) is 0 Å². The summed E-state index contributed by atoms with van der Waals surface area (Å²) in [4.78, 5) is 25.7. The molecule has 0 bridgehead atoms. The first kappa shape index (κ1) is 14.7. The van der Waals surface area contributed by atoms with E-state index in [4.69, 9.17) is 0 Å². The number of fused-ring (bicyclic) bond motifs is 1. The molecule has 0 unspecified atom stereocenters. The van der Waals surface area contributed by atoms with Gasteiger partial charge in [0.1, 0.15) is 0 Å². The van der Waals surface area contributed by atoms with Gasteiger partial charge >= 0.3 is 0 Å². The van der Waals surface area contributed by atoms with Gasteiger partial charge in [-0.05, 0) is 32.1 Å². The van der Waals surface area contributed by atoms with Crippen LogP contribution >= 0.6 is 0 Å². The van der Waals surface area contributed by atoms with E-state index >= 15 is 0 Å². The second kappa shape index (κ2) is 6.15. The maximum absolute atomic E-state index is 12.2. The van der Waals surface area contributed by atoms with Crippen LogP contribution in [0.3, 0.4) is 0 Å². The number of rotatable bonds is 5. The van der Waals surface area contributed by atoms with Crippen molar-refractivity contribution in [1.29, 1.82) is 0 Å². The second-order valence-electron chi connectivity index (χ2n) is 5.38. The highest BCUT2D eigenvalue weighted by molar-refractivity contribution is 6.05. The molecule has 5 heteroatoms. The van der Waals surface area contributed by atoms with Crippen molar-refractivity contribution in [2.75, 3.05) is 27.2 Å². The van der Waals surface area contributed by atoms with Crippen LogP contribution in [-0.2, 0) is 6.42 Å². The number of hydrogen-bond acceptors (Lipinski definition) is 4. The third-order valence-electron chi connectivity index (χ3n) is 3.40. The molecule has 0 radical (unpaired) electrons. The number of amides is 1. The number of carbonyl (C=O) groups is 2. The summed E-state index contributed by atoms with van der Waals surface area (Å²) in [6.07, 6.45) is 0.494. The summed E-state index contributed by atoms with van der Waals surface area (Å²) in [7, 11) is 3.72. The topological polar surface area (TPSA) is 69.6 Å². The van der Waals surface area contributed by atoms with E-state index in [9.17, 15) is 14.7 Å². The molecule has 0 spiro atoms. The molecule has 0 aromatic heterocycles. The molecule has 0 heterocycles. The van der Waals surface area contributed by atoms with Crippen molar-refractivity contribution in [2.45, 2.75) is 18.9 Å². The average Bonchev–Trinajstić information content (AvgIpc) is 2.77. The molecule has 20 heavy (non-hydrogen) atoms. The number of carbonyl (C=O) groups excluding carboxylic acids is 2. The van der Waals surface area contributed by atoms with Crippen LogP contribution in [0.2, 0.25) is 0 Å². The Morgan fingerprint density at radius 1 is 1.40 bits per heavy atom. The van der Waals surface area contributed by atoms with Crippen LogP contribution < -0.4 is 5.32 Å². The van der Waals surface area contributed by atoms with Gasteiger partial charge in [0.2, 0.25) is 0 Å². The van der Waals surface area contributed by atoms with Gasteiger partial charge in [0.25, 0.3) is 5.91 Å². The van der Waals surface area contributed by atoms with Crippen molar-refractivity contribution in [3.05, 3.63) is 34.9 Å². The van der Waals surface area contributed by atoms with Crippen LogP contribution in [-0.4, -0.2) is 55.0 Å². The van der Waals surface area contributed by atoms with Crippen molar-refractivity contribution < 1.29 is 14.7 Å². The minimum absolute atomic E-state index is 0.0993. The number of nitrogens with one attached hydrogen (secondary N) is 1. The molecular formula is C15H20N2O3. The Balaban J connectivity index is 2.02. The second-order valence-corrected chi connectivity index (χ2v) is 5.38. The van der Waals surface area contributed by atoms with Gasteiger partial charge in [-0.2, -0.15) is 0 Å². The Labute approximate surface area is 118 Å². The molecule has 1 aliphatic rings. The third-order valence-corrected chi connectivity index (χ3v) is 3.40. The van der Waals surface area contributed by atoms with Crippen molar-refractivity contribution in [1.82, 2.24) is 10.2 Å².